The highest BCUT2D eigenvalue weighted by molar-refractivity contribution is 7.14. The molecule has 7 heteroatoms. The van der Waals surface area contributed by atoms with Crippen LogP contribution in [0.2, 0.25) is 0 Å². The maximum atomic E-state index is 12.3. The smallest absolute Gasteiger partial charge is 0.261 e. The number of aromatic amines is 1. The molecule has 1 aliphatic rings. The predicted octanol–water partition coefficient (Wildman–Crippen LogP) is 1.88. The zero-order chi connectivity index (χ0) is 14.1. The van der Waals surface area contributed by atoms with E-state index in [0.29, 0.717) is 11.7 Å². The molecule has 1 amide bonds. The topological polar surface area (TPSA) is 83.6 Å². The number of rotatable bonds is 3. The first-order valence-corrected chi connectivity index (χ1v) is 7.61. The molecule has 0 aliphatic heterocycles. The van der Waals surface area contributed by atoms with Gasteiger partial charge in [-0.25, -0.2) is 0 Å². The van der Waals surface area contributed by atoms with Crippen molar-refractivity contribution in [2.45, 2.75) is 39.2 Å². The number of carbonyl (C=O) groups excluding carboxylic acids is 1. The third-order valence-electron chi connectivity index (χ3n) is 3.65. The van der Waals surface area contributed by atoms with Crippen molar-refractivity contribution in [1.82, 2.24) is 25.9 Å². The fourth-order valence-electron chi connectivity index (χ4n) is 2.50. The number of thiophene rings is 1. The Bertz CT molecular complexity index is 606. The van der Waals surface area contributed by atoms with Crippen LogP contribution in [0.25, 0.3) is 0 Å². The van der Waals surface area contributed by atoms with Crippen molar-refractivity contribution < 1.29 is 4.79 Å². The fraction of sp³-hybridized carbons (Fsp3) is 0.538. The molecule has 2 N–H and O–H groups in total. The summed E-state index contributed by atoms with van der Waals surface area (Å²) in [7, 11) is 0. The second kappa shape index (κ2) is 5.32. The van der Waals surface area contributed by atoms with Gasteiger partial charge in [-0.2, -0.15) is 5.21 Å². The Morgan fingerprint density at radius 3 is 3.20 bits per heavy atom. The third-order valence-corrected chi connectivity index (χ3v) is 4.89. The highest BCUT2D eigenvalue weighted by Gasteiger charge is 2.22. The first kappa shape index (κ1) is 13.2. The summed E-state index contributed by atoms with van der Waals surface area (Å²) in [4.78, 5) is 14.4. The van der Waals surface area contributed by atoms with Crippen LogP contribution in [0.3, 0.4) is 0 Å². The standard InChI is InChI=1S/C13H17N5OS/c1-7-3-4-10-9(5-7)6-11(20-10)13(19)14-8(2)12-15-17-18-16-12/h6-8H,3-5H2,1-2H3,(H,14,19)(H,15,16,17,18). The molecule has 0 saturated carbocycles. The van der Waals surface area contributed by atoms with Gasteiger partial charge in [-0.1, -0.05) is 12.1 Å². The molecular formula is C13H17N5OS. The van der Waals surface area contributed by atoms with Crippen molar-refractivity contribution in [3.05, 3.63) is 27.2 Å². The van der Waals surface area contributed by atoms with E-state index in [1.807, 2.05) is 13.0 Å². The number of H-pyrrole nitrogens is 1. The van der Waals surface area contributed by atoms with Crippen LogP contribution in [-0.2, 0) is 12.8 Å². The molecule has 2 aromatic heterocycles. The zero-order valence-electron chi connectivity index (χ0n) is 11.5. The summed E-state index contributed by atoms with van der Waals surface area (Å²) in [6, 6.07) is 1.79. The van der Waals surface area contributed by atoms with Crippen LogP contribution in [-0.4, -0.2) is 26.5 Å². The molecule has 106 valence electrons. The number of aromatic nitrogens is 4. The number of tetrazole rings is 1. The van der Waals surface area contributed by atoms with Crippen molar-refractivity contribution >= 4 is 17.2 Å². The Morgan fingerprint density at radius 1 is 1.60 bits per heavy atom. The molecular weight excluding hydrogens is 274 g/mol. The number of carbonyl (C=O) groups is 1. The van der Waals surface area contributed by atoms with Gasteiger partial charge in [0.25, 0.3) is 5.91 Å². The minimum Gasteiger partial charge on any atom is -0.341 e. The Balaban J connectivity index is 1.72. The van der Waals surface area contributed by atoms with Crippen molar-refractivity contribution in [3.63, 3.8) is 0 Å². The summed E-state index contributed by atoms with van der Waals surface area (Å²) in [5.74, 6) is 1.15. The number of aryl methyl sites for hydroxylation is 1. The summed E-state index contributed by atoms with van der Waals surface area (Å²) in [6.07, 6.45) is 3.39. The predicted molar refractivity (Wildman–Crippen MR) is 75.6 cm³/mol. The third kappa shape index (κ3) is 2.58. The number of hydrogen-bond acceptors (Lipinski definition) is 5. The molecule has 20 heavy (non-hydrogen) atoms. The summed E-state index contributed by atoms with van der Waals surface area (Å²) in [6.45, 7) is 4.11. The van der Waals surface area contributed by atoms with E-state index in [-0.39, 0.29) is 11.9 Å². The van der Waals surface area contributed by atoms with E-state index in [2.05, 4.69) is 32.9 Å². The molecule has 2 unspecified atom stereocenters. The lowest BCUT2D eigenvalue weighted by Crippen LogP contribution is -2.26. The van der Waals surface area contributed by atoms with Crippen LogP contribution in [0.4, 0.5) is 0 Å². The molecule has 0 spiro atoms. The summed E-state index contributed by atoms with van der Waals surface area (Å²) in [5.41, 5.74) is 1.34. The molecule has 0 fully saturated rings. The van der Waals surface area contributed by atoms with Crippen LogP contribution in [0.5, 0.6) is 0 Å². The monoisotopic (exact) mass is 291 g/mol. The Kier molecular flexibility index (Phi) is 3.52. The van der Waals surface area contributed by atoms with E-state index in [9.17, 15) is 4.79 Å². The first-order valence-electron chi connectivity index (χ1n) is 6.79. The van der Waals surface area contributed by atoms with Gasteiger partial charge in [-0.05, 0) is 43.7 Å². The minimum atomic E-state index is -0.251. The van der Waals surface area contributed by atoms with Crippen LogP contribution >= 0.6 is 11.3 Å². The fourth-order valence-corrected chi connectivity index (χ4v) is 3.61. The van der Waals surface area contributed by atoms with E-state index >= 15 is 0 Å². The van der Waals surface area contributed by atoms with E-state index in [4.69, 9.17) is 0 Å². The van der Waals surface area contributed by atoms with Crippen molar-refractivity contribution in [2.24, 2.45) is 5.92 Å². The van der Waals surface area contributed by atoms with E-state index < -0.39 is 0 Å². The van der Waals surface area contributed by atoms with Crippen LogP contribution < -0.4 is 5.32 Å². The van der Waals surface area contributed by atoms with Gasteiger partial charge in [0.05, 0.1) is 10.9 Å². The van der Waals surface area contributed by atoms with Crippen LogP contribution in [0.1, 0.15) is 52.2 Å². The SMILES string of the molecule is CC1CCc2sc(C(=O)NC(C)c3nn[nH]n3)cc2C1. The number of nitrogens with one attached hydrogen (secondary N) is 2. The van der Waals surface area contributed by atoms with Crippen molar-refractivity contribution in [1.29, 1.82) is 0 Å². The van der Waals surface area contributed by atoms with Crippen LogP contribution in [0.15, 0.2) is 6.07 Å². The molecule has 3 rings (SSSR count). The van der Waals surface area contributed by atoms with Crippen molar-refractivity contribution in [2.75, 3.05) is 0 Å². The van der Waals surface area contributed by atoms with Gasteiger partial charge >= 0.3 is 0 Å². The highest BCUT2D eigenvalue weighted by atomic mass is 32.1. The van der Waals surface area contributed by atoms with Gasteiger partial charge in [0, 0.05) is 4.88 Å². The van der Waals surface area contributed by atoms with Gasteiger partial charge in [-0.15, -0.1) is 21.5 Å². The summed E-state index contributed by atoms with van der Waals surface area (Å²) in [5, 5.41) is 16.6. The molecule has 6 nitrogen and oxygen atoms in total. The minimum absolute atomic E-state index is 0.0608. The lowest BCUT2D eigenvalue weighted by molar-refractivity contribution is 0.0942. The number of hydrogen-bond donors (Lipinski definition) is 2. The van der Waals surface area contributed by atoms with Gasteiger partial charge < -0.3 is 5.32 Å². The lowest BCUT2D eigenvalue weighted by Gasteiger charge is -2.16. The quantitative estimate of drug-likeness (QED) is 0.904. The molecule has 2 aromatic rings. The molecule has 2 atom stereocenters. The first-order chi connectivity index (χ1) is 9.63. The van der Waals surface area contributed by atoms with Gasteiger partial charge in [-0.3, -0.25) is 4.79 Å². The van der Waals surface area contributed by atoms with Gasteiger partial charge in [0.2, 0.25) is 0 Å². The summed E-state index contributed by atoms with van der Waals surface area (Å²) < 4.78 is 0. The lowest BCUT2D eigenvalue weighted by atomic mass is 9.90. The highest BCUT2D eigenvalue weighted by Crippen LogP contribution is 2.32. The zero-order valence-corrected chi connectivity index (χ0v) is 12.3. The molecule has 0 aromatic carbocycles. The molecule has 1 aliphatic carbocycles. The van der Waals surface area contributed by atoms with E-state index in [0.717, 1.165) is 17.7 Å². The largest absolute Gasteiger partial charge is 0.341 e. The van der Waals surface area contributed by atoms with Gasteiger partial charge in [0.15, 0.2) is 5.82 Å². The maximum absolute atomic E-state index is 12.3. The van der Waals surface area contributed by atoms with Crippen LogP contribution in [0, 0.1) is 5.92 Å². The number of nitrogens with zero attached hydrogens (tertiary/aromatic N) is 3. The van der Waals surface area contributed by atoms with E-state index in [1.165, 1.54) is 16.9 Å². The number of fused-ring (bicyclic) bond motifs is 1. The molecule has 0 saturated heterocycles. The summed E-state index contributed by atoms with van der Waals surface area (Å²) >= 11 is 1.61. The second-order valence-electron chi connectivity index (χ2n) is 5.37. The Hall–Kier alpha value is -1.76. The normalized spacial score (nSPS) is 19.4. The second-order valence-corrected chi connectivity index (χ2v) is 6.51. The number of amides is 1. The van der Waals surface area contributed by atoms with Crippen molar-refractivity contribution in [3.8, 4) is 0 Å². The maximum Gasteiger partial charge on any atom is 0.261 e. The molecule has 2 heterocycles. The van der Waals surface area contributed by atoms with Gasteiger partial charge in [0.1, 0.15) is 0 Å². The molecule has 0 bridgehead atoms. The Morgan fingerprint density at radius 2 is 2.45 bits per heavy atom. The Labute approximate surface area is 121 Å². The average Bonchev–Trinajstić information content (AvgIpc) is 3.07. The average molecular weight is 291 g/mol. The van der Waals surface area contributed by atoms with E-state index in [1.54, 1.807) is 11.3 Å². The molecule has 0 radical (unpaired) electrons.